The highest BCUT2D eigenvalue weighted by atomic mass is 35.5. The van der Waals surface area contributed by atoms with Crippen molar-refractivity contribution in [2.75, 3.05) is 39.4 Å². The number of hydrogen-bond donors (Lipinski definition) is 1. The van der Waals surface area contributed by atoms with Crippen molar-refractivity contribution in [2.24, 2.45) is 0 Å². The number of halogens is 2. The molecule has 3 aromatic heterocycles. The van der Waals surface area contributed by atoms with Crippen molar-refractivity contribution in [1.29, 1.82) is 0 Å². The number of amides is 1. The van der Waals surface area contributed by atoms with Crippen LogP contribution in [0.1, 0.15) is 40.4 Å². The molecule has 2 aliphatic rings. The summed E-state index contributed by atoms with van der Waals surface area (Å²) < 4.78 is 7.50. The van der Waals surface area contributed by atoms with Gasteiger partial charge in [0.1, 0.15) is 0 Å². The highest BCUT2D eigenvalue weighted by Crippen LogP contribution is 2.30. The molecule has 11 heteroatoms. The van der Waals surface area contributed by atoms with Crippen molar-refractivity contribution < 1.29 is 9.53 Å². The second-order valence-corrected chi connectivity index (χ2v) is 9.79. The fourth-order valence-electron chi connectivity index (χ4n) is 5.46. The summed E-state index contributed by atoms with van der Waals surface area (Å²) in [5, 5.41) is 6.01. The van der Waals surface area contributed by atoms with Crippen LogP contribution >= 0.6 is 24.8 Å². The molecular weight excluding hydrogens is 527 g/mol. The Balaban J connectivity index is 0.00000168. The lowest BCUT2D eigenvalue weighted by Crippen LogP contribution is -2.48. The molecule has 2 aliphatic heterocycles. The molecule has 0 atom stereocenters. The minimum absolute atomic E-state index is 0. The van der Waals surface area contributed by atoms with Crippen LogP contribution in [-0.4, -0.2) is 74.8 Å². The summed E-state index contributed by atoms with van der Waals surface area (Å²) in [6, 6.07) is 8.08. The molecule has 1 amide bonds. The second-order valence-electron chi connectivity index (χ2n) is 9.79. The molecule has 0 saturated carbocycles. The minimum Gasteiger partial charge on any atom is -0.381 e. The van der Waals surface area contributed by atoms with Gasteiger partial charge in [-0.2, -0.15) is 5.10 Å². The quantitative estimate of drug-likeness (QED) is 0.410. The molecule has 0 spiro atoms. The molecule has 5 heterocycles. The van der Waals surface area contributed by atoms with Crippen molar-refractivity contribution in [2.45, 2.75) is 32.4 Å². The molecule has 0 aliphatic carbocycles. The zero-order valence-electron chi connectivity index (χ0n) is 21.3. The smallest absolute Gasteiger partial charge is 0.259 e. The molecular formula is C27H32Cl2N6O3. The Morgan fingerprint density at radius 2 is 1.84 bits per heavy atom. The number of piperazine rings is 1. The van der Waals surface area contributed by atoms with Crippen LogP contribution in [0.3, 0.4) is 0 Å². The van der Waals surface area contributed by atoms with E-state index in [1.54, 1.807) is 12.4 Å². The topological polar surface area (TPSA) is 96.3 Å². The van der Waals surface area contributed by atoms with Crippen LogP contribution in [0.25, 0.3) is 21.8 Å². The van der Waals surface area contributed by atoms with Crippen LogP contribution in [0, 0.1) is 6.92 Å². The van der Waals surface area contributed by atoms with Crippen LogP contribution in [0.5, 0.6) is 0 Å². The van der Waals surface area contributed by atoms with E-state index in [0.29, 0.717) is 37.3 Å². The van der Waals surface area contributed by atoms with E-state index in [1.165, 1.54) is 5.56 Å². The highest BCUT2D eigenvalue weighted by Gasteiger charge is 2.26. The first kappa shape index (κ1) is 28.0. The Kier molecular flexibility index (Phi) is 8.72. The number of ether oxygens (including phenoxy) is 1. The average molecular weight is 559 g/mol. The number of fused-ring (bicyclic) bond motifs is 3. The summed E-state index contributed by atoms with van der Waals surface area (Å²) in [6.07, 6.45) is 7.03. The Labute approximate surface area is 233 Å². The molecule has 1 N–H and O–H groups in total. The van der Waals surface area contributed by atoms with Crippen LogP contribution in [0.4, 0.5) is 0 Å². The van der Waals surface area contributed by atoms with E-state index in [2.05, 4.69) is 26.0 Å². The molecule has 6 rings (SSSR count). The zero-order chi connectivity index (χ0) is 24.6. The fourth-order valence-corrected chi connectivity index (χ4v) is 5.46. The average Bonchev–Trinajstić information content (AvgIpc) is 3.36. The summed E-state index contributed by atoms with van der Waals surface area (Å²) in [7, 11) is 0. The van der Waals surface area contributed by atoms with Crippen LogP contribution in [0.2, 0.25) is 0 Å². The molecule has 2 fully saturated rings. The number of aryl methyl sites for hydroxylation is 1. The van der Waals surface area contributed by atoms with Gasteiger partial charge in [0.05, 0.1) is 28.7 Å². The van der Waals surface area contributed by atoms with Gasteiger partial charge in [0.15, 0.2) is 0 Å². The summed E-state index contributed by atoms with van der Waals surface area (Å²) >= 11 is 0. The van der Waals surface area contributed by atoms with Gasteiger partial charge in [-0.1, -0.05) is 6.07 Å². The molecule has 202 valence electrons. The maximum Gasteiger partial charge on any atom is 0.259 e. The number of pyridine rings is 2. The van der Waals surface area contributed by atoms with E-state index in [0.717, 1.165) is 54.5 Å². The molecule has 38 heavy (non-hydrogen) atoms. The summed E-state index contributed by atoms with van der Waals surface area (Å²) in [6.45, 7) is 7.14. The molecule has 9 nitrogen and oxygen atoms in total. The molecule has 0 radical (unpaired) electrons. The lowest BCUT2D eigenvalue weighted by Gasteiger charge is -2.35. The van der Waals surface area contributed by atoms with Crippen molar-refractivity contribution >= 4 is 52.5 Å². The summed E-state index contributed by atoms with van der Waals surface area (Å²) in [4.78, 5) is 37.9. The van der Waals surface area contributed by atoms with Gasteiger partial charge in [-0.25, -0.2) is 0 Å². The third-order valence-electron chi connectivity index (χ3n) is 7.46. The van der Waals surface area contributed by atoms with Gasteiger partial charge in [-0.3, -0.25) is 24.2 Å². The molecule has 1 aromatic carbocycles. The normalized spacial score (nSPS) is 16.8. The predicted molar refractivity (Wildman–Crippen MR) is 152 cm³/mol. The number of rotatable bonds is 4. The van der Waals surface area contributed by atoms with E-state index in [4.69, 9.17) is 4.74 Å². The number of H-pyrrole nitrogens is 1. The van der Waals surface area contributed by atoms with Crippen LogP contribution in [0.15, 0.2) is 47.7 Å². The maximum absolute atomic E-state index is 13.6. The number of aromatic amines is 1. The summed E-state index contributed by atoms with van der Waals surface area (Å²) in [5.74, 6) is 0.0342. The SMILES string of the molecule is Cc1cc2[nH]c(=O)c3cnn(C4CCOCC4)c3c2cc1C(=O)N1CCN(Cc2cccnc2)CC1.Cl.Cl. The number of nitrogens with zero attached hydrogens (tertiary/aromatic N) is 5. The minimum atomic E-state index is -0.154. The van der Waals surface area contributed by atoms with Crippen molar-refractivity contribution in [1.82, 2.24) is 29.5 Å². The first-order chi connectivity index (χ1) is 17.6. The number of nitrogens with one attached hydrogen (secondary N) is 1. The van der Waals surface area contributed by atoms with E-state index < -0.39 is 0 Å². The molecule has 4 aromatic rings. The third-order valence-corrected chi connectivity index (χ3v) is 7.46. The number of aromatic nitrogens is 4. The monoisotopic (exact) mass is 558 g/mol. The van der Waals surface area contributed by atoms with Gasteiger partial charge in [-0.15, -0.1) is 24.8 Å². The maximum atomic E-state index is 13.6. The molecule has 0 unspecified atom stereocenters. The Bertz CT molecular complexity index is 1480. The van der Waals surface area contributed by atoms with E-state index in [1.807, 2.05) is 40.9 Å². The largest absolute Gasteiger partial charge is 0.381 e. The van der Waals surface area contributed by atoms with E-state index in [9.17, 15) is 9.59 Å². The highest BCUT2D eigenvalue weighted by molar-refractivity contribution is 6.07. The standard InChI is InChI=1S/C27H30N6O3.2ClH/c1-18-13-24-22(25-23(26(34)30-24)16-29-33(25)20-4-11-36-12-5-20)14-21(18)27(35)32-9-7-31(8-10-32)17-19-3-2-6-28-15-19;;/h2-3,6,13-16,20H,4-5,7-12,17H2,1H3,(H,30,34);2*1H. The lowest BCUT2D eigenvalue weighted by atomic mass is 10.0. The van der Waals surface area contributed by atoms with Crippen molar-refractivity contribution in [3.63, 3.8) is 0 Å². The van der Waals surface area contributed by atoms with Gasteiger partial charge in [0.25, 0.3) is 11.5 Å². The number of hydrogen-bond acceptors (Lipinski definition) is 6. The predicted octanol–water partition coefficient (Wildman–Crippen LogP) is 3.73. The van der Waals surface area contributed by atoms with Gasteiger partial charge < -0.3 is 14.6 Å². The Morgan fingerprint density at radius 3 is 2.55 bits per heavy atom. The number of carbonyl (C=O) groups is 1. The number of benzene rings is 1. The fraction of sp³-hybridized carbons (Fsp3) is 0.407. The van der Waals surface area contributed by atoms with E-state index >= 15 is 0 Å². The van der Waals surface area contributed by atoms with Gasteiger partial charge in [0.2, 0.25) is 0 Å². The van der Waals surface area contributed by atoms with Gasteiger partial charge in [-0.05, 0) is 49.1 Å². The number of carbonyl (C=O) groups excluding carboxylic acids is 1. The van der Waals surface area contributed by atoms with Crippen molar-refractivity contribution in [3.05, 3.63) is 69.9 Å². The Morgan fingerprint density at radius 1 is 1.08 bits per heavy atom. The second kappa shape index (κ2) is 11.8. The van der Waals surface area contributed by atoms with Gasteiger partial charge in [0, 0.05) is 69.3 Å². The van der Waals surface area contributed by atoms with E-state index in [-0.39, 0.29) is 42.3 Å². The summed E-state index contributed by atoms with van der Waals surface area (Å²) in [5.41, 5.74) is 4.10. The zero-order valence-corrected chi connectivity index (χ0v) is 22.9. The first-order valence-electron chi connectivity index (χ1n) is 12.6. The molecule has 0 bridgehead atoms. The third kappa shape index (κ3) is 5.29. The Hall–Kier alpha value is -2.98. The molecule has 2 saturated heterocycles. The van der Waals surface area contributed by atoms with Crippen LogP contribution < -0.4 is 5.56 Å². The van der Waals surface area contributed by atoms with Crippen LogP contribution in [-0.2, 0) is 11.3 Å². The van der Waals surface area contributed by atoms with Gasteiger partial charge >= 0.3 is 0 Å². The lowest BCUT2D eigenvalue weighted by molar-refractivity contribution is 0.0627. The first-order valence-corrected chi connectivity index (χ1v) is 12.6. The van der Waals surface area contributed by atoms with Crippen molar-refractivity contribution in [3.8, 4) is 0 Å².